The van der Waals surface area contributed by atoms with E-state index in [-0.39, 0.29) is 11.9 Å². The van der Waals surface area contributed by atoms with Gasteiger partial charge in [0.15, 0.2) is 0 Å². The van der Waals surface area contributed by atoms with Gasteiger partial charge in [0.05, 0.1) is 8.07 Å². The average molecular weight is 170 g/mol. The lowest BCUT2D eigenvalue weighted by Gasteiger charge is -2.26. The minimum Gasteiger partial charge on any atom is -0.430 e. The molecule has 1 aliphatic heterocycles. The summed E-state index contributed by atoms with van der Waals surface area (Å²) < 4.78 is 4.88. The van der Waals surface area contributed by atoms with E-state index < -0.39 is 8.07 Å². The van der Waals surface area contributed by atoms with Crippen molar-refractivity contribution in [1.82, 2.24) is 0 Å². The lowest BCUT2D eigenvalue weighted by molar-refractivity contribution is -0.155. The smallest absolute Gasteiger partial charge is 0.321 e. The summed E-state index contributed by atoms with van der Waals surface area (Å²) in [6, 6.07) is 0. The van der Waals surface area contributed by atoms with E-state index in [0.29, 0.717) is 0 Å². The quantitative estimate of drug-likeness (QED) is 0.444. The second-order valence-corrected chi connectivity index (χ2v) is 9.08. The van der Waals surface area contributed by atoms with Crippen molar-refractivity contribution in [2.24, 2.45) is 5.92 Å². The van der Waals surface area contributed by atoms with Crippen molar-refractivity contribution in [3.05, 3.63) is 11.5 Å². The second-order valence-electron chi connectivity index (χ2n) is 4.06. The first kappa shape index (κ1) is 8.52. The Morgan fingerprint density at radius 1 is 1.45 bits per heavy atom. The maximum atomic E-state index is 10.7. The highest BCUT2D eigenvalue weighted by Gasteiger charge is 2.34. The zero-order valence-corrected chi connectivity index (χ0v) is 8.47. The van der Waals surface area contributed by atoms with E-state index in [0.717, 1.165) is 5.76 Å². The minimum absolute atomic E-state index is 0.0155. The molecule has 62 valence electrons. The van der Waals surface area contributed by atoms with Gasteiger partial charge in [0.2, 0.25) is 0 Å². The molecule has 0 spiro atoms. The average Bonchev–Trinajstić information content (AvgIpc) is 1.84. The highest BCUT2D eigenvalue weighted by atomic mass is 28.3. The van der Waals surface area contributed by atoms with Gasteiger partial charge in [-0.25, -0.2) is 0 Å². The SMILES string of the molecule is C[C@@H]1C(=O)O/C1=C\[Si](C)(C)C. The third kappa shape index (κ3) is 1.93. The van der Waals surface area contributed by atoms with Crippen LogP contribution in [0.15, 0.2) is 11.5 Å². The van der Waals surface area contributed by atoms with E-state index in [1.165, 1.54) is 0 Å². The normalized spacial score (nSPS) is 28.2. The van der Waals surface area contributed by atoms with Gasteiger partial charge in [0.1, 0.15) is 11.7 Å². The molecule has 0 amide bonds. The number of hydrogen-bond acceptors (Lipinski definition) is 2. The summed E-state index contributed by atoms with van der Waals surface area (Å²) in [7, 11) is -1.20. The van der Waals surface area contributed by atoms with Crippen molar-refractivity contribution < 1.29 is 9.53 Å². The van der Waals surface area contributed by atoms with Crippen LogP contribution in [-0.2, 0) is 9.53 Å². The summed E-state index contributed by atoms with van der Waals surface area (Å²) in [5.74, 6) is 0.811. The van der Waals surface area contributed by atoms with Crippen LogP contribution in [0.5, 0.6) is 0 Å². The Morgan fingerprint density at radius 3 is 2.27 bits per heavy atom. The molecule has 0 aromatic heterocycles. The summed E-state index contributed by atoms with van der Waals surface area (Å²) in [4.78, 5) is 10.7. The van der Waals surface area contributed by atoms with Crippen LogP contribution in [0.25, 0.3) is 0 Å². The molecule has 0 aliphatic carbocycles. The third-order valence-corrected chi connectivity index (χ3v) is 2.72. The maximum Gasteiger partial charge on any atom is 0.321 e. The number of rotatable bonds is 1. The van der Waals surface area contributed by atoms with Crippen LogP contribution in [0.1, 0.15) is 6.92 Å². The first-order valence-corrected chi connectivity index (χ1v) is 7.42. The fourth-order valence-electron chi connectivity index (χ4n) is 0.932. The molecular weight excluding hydrogens is 156 g/mol. The van der Waals surface area contributed by atoms with Crippen LogP contribution < -0.4 is 0 Å². The Balaban J connectivity index is 2.65. The fraction of sp³-hybridized carbons (Fsp3) is 0.625. The van der Waals surface area contributed by atoms with Gasteiger partial charge in [0, 0.05) is 0 Å². The van der Waals surface area contributed by atoms with Crippen molar-refractivity contribution in [1.29, 1.82) is 0 Å². The Labute approximate surface area is 68.3 Å². The zero-order chi connectivity index (χ0) is 8.65. The largest absolute Gasteiger partial charge is 0.430 e. The Bertz CT molecular complexity index is 213. The maximum absolute atomic E-state index is 10.7. The van der Waals surface area contributed by atoms with Crippen LogP contribution in [0.3, 0.4) is 0 Å². The molecule has 0 bridgehead atoms. The first-order valence-electron chi connectivity index (χ1n) is 3.84. The summed E-state index contributed by atoms with van der Waals surface area (Å²) in [6.07, 6.45) is 0. The lowest BCUT2D eigenvalue weighted by Crippen LogP contribution is -2.32. The van der Waals surface area contributed by atoms with Crippen molar-refractivity contribution in [3.63, 3.8) is 0 Å². The first-order chi connectivity index (χ1) is 4.90. The molecule has 3 heteroatoms. The summed E-state index contributed by atoms with van der Waals surface area (Å²) in [6.45, 7) is 8.55. The topological polar surface area (TPSA) is 26.3 Å². The van der Waals surface area contributed by atoms with Crippen molar-refractivity contribution in [2.75, 3.05) is 0 Å². The van der Waals surface area contributed by atoms with Crippen LogP contribution >= 0.6 is 0 Å². The highest BCUT2D eigenvalue weighted by molar-refractivity contribution is 6.81. The molecule has 1 heterocycles. The van der Waals surface area contributed by atoms with E-state index in [9.17, 15) is 4.79 Å². The van der Waals surface area contributed by atoms with E-state index in [1.807, 2.05) is 6.92 Å². The van der Waals surface area contributed by atoms with E-state index in [1.54, 1.807) is 0 Å². The predicted molar refractivity (Wildman–Crippen MR) is 46.7 cm³/mol. The number of esters is 1. The molecule has 0 aromatic carbocycles. The van der Waals surface area contributed by atoms with Gasteiger partial charge in [-0.2, -0.15) is 0 Å². The van der Waals surface area contributed by atoms with Crippen LogP contribution in [0, 0.1) is 5.92 Å². The van der Waals surface area contributed by atoms with Crippen molar-refractivity contribution >= 4 is 14.0 Å². The van der Waals surface area contributed by atoms with Crippen molar-refractivity contribution in [3.8, 4) is 0 Å². The molecule has 0 N–H and O–H groups in total. The predicted octanol–water partition coefficient (Wildman–Crippen LogP) is 1.94. The summed E-state index contributed by atoms with van der Waals surface area (Å²) in [5, 5.41) is 0. The fourth-order valence-corrected chi connectivity index (χ4v) is 2.09. The molecule has 0 saturated carbocycles. The van der Waals surface area contributed by atoms with Gasteiger partial charge in [-0.1, -0.05) is 25.3 Å². The van der Waals surface area contributed by atoms with E-state index >= 15 is 0 Å². The molecule has 0 radical (unpaired) electrons. The Hall–Kier alpha value is -0.573. The Morgan fingerprint density at radius 2 is 2.00 bits per heavy atom. The molecular formula is C8H14O2Si. The molecule has 1 rings (SSSR count). The molecule has 11 heavy (non-hydrogen) atoms. The van der Waals surface area contributed by atoms with Crippen LogP contribution in [0.2, 0.25) is 19.6 Å². The number of ether oxygens (including phenoxy) is 1. The second kappa shape index (κ2) is 2.48. The number of carbonyl (C=O) groups excluding carboxylic acids is 1. The monoisotopic (exact) mass is 170 g/mol. The van der Waals surface area contributed by atoms with Gasteiger partial charge < -0.3 is 4.74 Å². The van der Waals surface area contributed by atoms with Gasteiger partial charge >= 0.3 is 5.97 Å². The zero-order valence-electron chi connectivity index (χ0n) is 7.47. The lowest BCUT2D eigenvalue weighted by atomic mass is 10.1. The summed E-state index contributed by atoms with van der Waals surface area (Å²) >= 11 is 0. The minimum atomic E-state index is -1.20. The Kier molecular flexibility index (Phi) is 1.92. The van der Waals surface area contributed by atoms with E-state index in [2.05, 4.69) is 25.3 Å². The summed E-state index contributed by atoms with van der Waals surface area (Å²) in [5.41, 5.74) is 2.14. The van der Waals surface area contributed by atoms with Gasteiger partial charge in [-0.3, -0.25) is 4.79 Å². The molecule has 1 fully saturated rings. The standard InChI is InChI=1S/C8H14O2Si/c1-6-7(10-8(6)9)5-11(2,3)4/h5-6H,1-4H3/b7-5-/t6-/m0/s1. The third-order valence-electron chi connectivity index (χ3n) is 1.57. The highest BCUT2D eigenvalue weighted by Crippen LogP contribution is 2.27. The molecule has 0 aromatic rings. The molecule has 1 atom stereocenters. The number of carbonyl (C=O) groups is 1. The van der Waals surface area contributed by atoms with Gasteiger partial charge in [0.25, 0.3) is 0 Å². The number of cyclic esters (lactones) is 1. The molecule has 2 nitrogen and oxygen atoms in total. The molecule has 1 saturated heterocycles. The van der Waals surface area contributed by atoms with E-state index in [4.69, 9.17) is 4.74 Å². The van der Waals surface area contributed by atoms with Crippen LogP contribution in [-0.4, -0.2) is 14.0 Å². The van der Waals surface area contributed by atoms with Crippen molar-refractivity contribution in [2.45, 2.75) is 26.6 Å². The molecule has 0 unspecified atom stereocenters. The van der Waals surface area contributed by atoms with Gasteiger partial charge in [-0.15, -0.1) is 0 Å². The van der Waals surface area contributed by atoms with Gasteiger partial charge in [-0.05, 0) is 6.92 Å². The van der Waals surface area contributed by atoms with Crippen LogP contribution in [0.4, 0.5) is 0 Å². The molecule has 1 aliphatic rings. The number of hydrogen-bond donors (Lipinski definition) is 0.